The molecule has 0 radical (unpaired) electrons. The van der Waals surface area contributed by atoms with Crippen LogP contribution < -0.4 is 4.72 Å². The highest BCUT2D eigenvalue weighted by Crippen LogP contribution is 2.20. The summed E-state index contributed by atoms with van der Waals surface area (Å²) >= 11 is 0. The highest BCUT2D eigenvalue weighted by molar-refractivity contribution is 7.92. The summed E-state index contributed by atoms with van der Waals surface area (Å²) < 4.78 is 27.3. The average Bonchev–Trinajstić information content (AvgIpc) is 2.94. The molecule has 0 unspecified atom stereocenters. The van der Waals surface area contributed by atoms with Gasteiger partial charge in [-0.1, -0.05) is 19.1 Å². The van der Waals surface area contributed by atoms with Gasteiger partial charge < -0.3 is 4.98 Å². The Bertz CT molecular complexity index is 867. The topological polar surface area (TPSA) is 74.8 Å². The van der Waals surface area contributed by atoms with Crippen LogP contribution in [0.25, 0.3) is 11.0 Å². The lowest BCUT2D eigenvalue weighted by molar-refractivity contribution is 0.601. The van der Waals surface area contributed by atoms with Gasteiger partial charge in [0.2, 0.25) is 0 Å². The van der Waals surface area contributed by atoms with Crippen molar-refractivity contribution in [1.82, 2.24) is 9.97 Å². The van der Waals surface area contributed by atoms with E-state index in [0.717, 1.165) is 23.0 Å². The zero-order valence-corrected chi connectivity index (χ0v) is 12.3. The van der Waals surface area contributed by atoms with Crippen molar-refractivity contribution in [3.05, 3.63) is 54.4 Å². The summed E-state index contributed by atoms with van der Waals surface area (Å²) in [5.41, 5.74) is 3.20. The number of nitrogens with one attached hydrogen (secondary N) is 2. The molecule has 0 saturated carbocycles. The van der Waals surface area contributed by atoms with E-state index < -0.39 is 10.0 Å². The quantitative estimate of drug-likeness (QED) is 0.778. The molecule has 3 aromatic rings. The van der Waals surface area contributed by atoms with Crippen molar-refractivity contribution in [2.45, 2.75) is 18.2 Å². The van der Waals surface area contributed by atoms with Gasteiger partial charge >= 0.3 is 0 Å². The highest BCUT2D eigenvalue weighted by atomic mass is 32.2. The number of sulfonamides is 1. The minimum atomic E-state index is -3.57. The molecule has 0 aliphatic rings. The van der Waals surface area contributed by atoms with Crippen molar-refractivity contribution in [3.63, 3.8) is 0 Å². The van der Waals surface area contributed by atoms with Crippen LogP contribution in [-0.2, 0) is 16.4 Å². The summed E-state index contributed by atoms with van der Waals surface area (Å²) in [4.78, 5) is 7.31. The standard InChI is InChI=1S/C15H15N3O2S/c1-2-11-3-6-13(7-4-11)21(19,20)18-12-5-8-14-15(9-12)17-10-16-14/h3-10,18H,2H2,1H3,(H,16,17). The molecule has 0 aliphatic carbocycles. The Hall–Kier alpha value is -2.34. The van der Waals surface area contributed by atoms with E-state index in [1.165, 1.54) is 0 Å². The van der Waals surface area contributed by atoms with Gasteiger partial charge in [-0.2, -0.15) is 0 Å². The molecule has 3 rings (SSSR count). The van der Waals surface area contributed by atoms with E-state index in [1.807, 2.05) is 19.1 Å². The molecule has 21 heavy (non-hydrogen) atoms. The number of hydrogen-bond acceptors (Lipinski definition) is 3. The molecule has 0 bridgehead atoms. The van der Waals surface area contributed by atoms with Crippen LogP contribution >= 0.6 is 0 Å². The van der Waals surface area contributed by atoms with Crippen molar-refractivity contribution in [2.75, 3.05) is 4.72 Å². The third-order valence-corrected chi connectivity index (χ3v) is 4.71. The first kappa shape index (κ1) is 13.6. The molecule has 1 aromatic heterocycles. The fourth-order valence-electron chi connectivity index (χ4n) is 2.12. The van der Waals surface area contributed by atoms with Crippen molar-refractivity contribution in [1.29, 1.82) is 0 Å². The summed E-state index contributed by atoms with van der Waals surface area (Å²) in [6, 6.07) is 12.1. The van der Waals surface area contributed by atoms with E-state index >= 15 is 0 Å². The maximum atomic E-state index is 12.3. The zero-order chi connectivity index (χ0) is 14.9. The Labute approximate surface area is 123 Å². The molecule has 0 aliphatic heterocycles. The molecule has 108 valence electrons. The third-order valence-electron chi connectivity index (χ3n) is 3.31. The van der Waals surface area contributed by atoms with Gasteiger partial charge in [0.25, 0.3) is 10.0 Å². The minimum Gasteiger partial charge on any atom is -0.345 e. The molecule has 6 heteroatoms. The lowest BCUT2D eigenvalue weighted by Crippen LogP contribution is -2.12. The second-order valence-corrected chi connectivity index (χ2v) is 6.42. The van der Waals surface area contributed by atoms with Crippen LogP contribution in [-0.4, -0.2) is 18.4 Å². The number of anilines is 1. The summed E-state index contributed by atoms with van der Waals surface area (Å²) in [7, 11) is -3.57. The van der Waals surface area contributed by atoms with Crippen molar-refractivity contribution >= 4 is 26.7 Å². The number of aromatic amines is 1. The molecular weight excluding hydrogens is 286 g/mol. The van der Waals surface area contributed by atoms with E-state index in [9.17, 15) is 8.42 Å². The van der Waals surface area contributed by atoms with E-state index in [2.05, 4.69) is 14.7 Å². The Balaban J connectivity index is 1.90. The second-order valence-electron chi connectivity index (χ2n) is 4.74. The molecule has 0 saturated heterocycles. The number of rotatable bonds is 4. The molecule has 5 nitrogen and oxygen atoms in total. The number of imidazole rings is 1. The molecule has 2 N–H and O–H groups in total. The SMILES string of the molecule is CCc1ccc(S(=O)(=O)Nc2ccc3nc[nH]c3c2)cc1. The van der Waals surface area contributed by atoms with Crippen molar-refractivity contribution in [3.8, 4) is 0 Å². The number of aryl methyl sites for hydroxylation is 1. The van der Waals surface area contributed by atoms with Crippen LogP contribution in [0.15, 0.2) is 53.7 Å². The van der Waals surface area contributed by atoms with Crippen molar-refractivity contribution in [2.24, 2.45) is 0 Å². The zero-order valence-electron chi connectivity index (χ0n) is 11.5. The van der Waals surface area contributed by atoms with Crippen LogP contribution in [0.3, 0.4) is 0 Å². The normalized spacial score (nSPS) is 11.7. The van der Waals surface area contributed by atoms with Crippen LogP contribution in [0.5, 0.6) is 0 Å². The first-order valence-corrected chi connectivity index (χ1v) is 8.12. The molecule has 0 amide bonds. The lowest BCUT2D eigenvalue weighted by Gasteiger charge is -2.08. The Morgan fingerprint density at radius 1 is 1.14 bits per heavy atom. The number of benzene rings is 2. The molecule has 0 fully saturated rings. The number of aromatic nitrogens is 2. The van der Waals surface area contributed by atoms with Crippen LogP contribution in [0.1, 0.15) is 12.5 Å². The summed E-state index contributed by atoms with van der Waals surface area (Å²) in [6.45, 7) is 2.03. The van der Waals surface area contributed by atoms with Gasteiger partial charge in [0.1, 0.15) is 0 Å². The van der Waals surface area contributed by atoms with Gasteiger partial charge in [0.15, 0.2) is 0 Å². The van der Waals surface area contributed by atoms with Crippen LogP contribution in [0.2, 0.25) is 0 Å². The first-order valence-electron chi connectivity index (χ1n) is 6.63. The average molecular weight is 301 g/mol. The van der Waals surface area contributed by atoms with E-state index in [1.54, 1.807) is 36.7 Å². The van der Waals surface area contributed by atoms with Gasteiger partial charge in [0, 0.05) is 0 Å². The number of hydrogen-bond donors (Lipinski definition) is 2. The van der Waals surface area contributed by atoms with Gasteiger partial charge in [-0.15, -0.1) is 0 Å². The molecular formula is C15H15N3O2S. The molecule has 1 heterocycles. The second kappa shape index (κ2) is 5.21. The predicted octanol–water partition coefficient (Wildman–Crippen LogP) is 2.93. The maximum Gasteiger partial charge on any atom is 0.261 e. The summed E-state index contributed by atoms with van der Waals surface area (Å²) in [5.74, 6) is 0. The fraction of sp³-hybridized carbons (Fsp3) is 0.133. The summed E-state index contributed by atoms with van der Waals surface area (Å²) in [5, 5.41) is 0. The lowest BCUT2D eigenvalue weighted by atomic mass is 10.2. The predicted molar refractivity (Wildman–Crippen MR) is 82.7 cm³/mol. The van der Waals surface area contributed by atoms with Gasteiger partial charge in [-0.3, -0.25) is 4.72 Å². The third kappa shape index (κ3) is 2.75. The monoisotopic (exact) mass is 301 g/mol. The van der Waals surface area contributed by atoms with Crippen molar-refractivity contribution < 1.29 is 8.42 Å². The number of fused-ring (bicyclic) bond motifs is 1. The Kier molecular flexibility index (Phi) is 3.39. The number of nitrogens with zero attached hydrogens (tertiary/aromatic N) is 1. The largest absolute Gasteiger partial charge is 0.345 e. The van der Waals surface area contributed by atoms with Gasteiger partial charge in [-0.05, 0) is 42.3 Å². The Morgan fingerprint density at radius 2 is 1.90 bits per heavy atom. The Morgan fingerprint density at radius 3 is 2.62 bits per heavy atom. The smallest absolute Gasteiger partial charge is 0.261 e. The van der Waals surface area contributed by atoms with E-state index in [0.29, 0.717) is 5.69 Å². The van der Waals surface area contributed by atoms with E-state index in [4.69, 9.17) is 0 Å². The van der Waals surface area contributed by atoms with Gasteiger partial charge in [-0.25, -0.2) is 13.4 Å². The number of H-pyrrole nitrogens is 1. The van der Waals surface area contributed by atoms with Crippen LogP contribution in [0, 0.1) is 0 Å². The minimum absolute atomic E-state index is 0.254. The summed E-state index contributed by atoms with van der Waals surface area (Å²) in [6.07, 6.45) is 2.46. The van der Waals surface area contributed by atoms with Gasteiger partial charge in [0.05, 0.1) is 27.9 Å². The fourth-order valence-corrected chi connectivity index (χ4v) is 3.17. The van der Waals surface area contributed by atoms with Crippen LogP contribution in [0.4, 0.5) is 5.69 Å². The highest BCUT2D eigenvalue weighted by Gasteiger charge is 2.14. The first-order chi connectivity index (χ1) is 10.1. The van der Waals surface area contributed by atoms with E-state index in [-0.39, 0.29) is 4.90 Å². The molecule has 0 atom stereocenters. The molecule has 2 aromatic carbocycles. The maximum absolute atomic E-state index is 12.3. The molecule has 0 spiro atoms.